The molecule has 1 heterocycles. The van der Waals surface area contributed by atoms with Gasteiger partial charge in [-0.1, -0.05) is 18.9 Å². The molecule has 3 nitrogen and oxygen atoms in total. The van der Waals surface area contributed by atoms with Gasteiger partial charge in [-0.25, -0.2) is 8.78 Å². The first-order valence-corrected chi connectivity index (χ1v) is 7.49. The second kappa shape index (κ2) is 5.72. The van der Waals surface area contributed by atoms with Gasteiger partial charge in [-0.3, -0.25) is 9.69 Å². The summed E-state index contributed by atoms with van der Waals surface area (Å²) >= 11 is 0. The van der Waals surface area contributed by atoms with E-state index in [1.807, 2.05) is 0 Å². The number of rotatable bonds is 3. The average Bonchev–Trinajstić information content (AvgIpc) is 2.82. The molecule has 2 aliphatic rings. The molecule has 0 bridgehead atoms. The molecule has 3 atom stereocenters. The lowest BCUT2D eigenvalue weighted by Crippen LogP contribution is -2.42. The molecule has 1 aromatic rings. The summed E-state index contributed by atoms with van der Waals surface area (Å²) in [5.74, 6) is -1.74. The van der Waals surface area contributed by atoms with Gasteiger partial charge in [-0.15, -0.1) is 0 Å². The van der Waals surface area contributed by atoms with Gasteiger partial charge < -0.3 is 5.11 Å². The molecule has 3 unspecified atom stereocenters. The highest BCUT2D eigenvalue weighted by Crippen LogP contribution is 2.40. The Morgan fingerprint density at radius 1 is 1.24 bits per heavy atom. The van der Waals surface area contributed by atoms with E-state index in [9.17, 15) is 18.7 Å². The Labute approximate surface area is 122 Å². The molecule has 0 amide bonds. The first kappa shape index (κ1) is 14.4. The van der Waals surface area contributed by atoms with Crippen molar-refractivity contribution >= 4 is 5.97 Å². The van der Waals surface area contributed by atoms with E-state index in [-0.39, 0.29) is 18.2 Å². The van der Waals surface area contributed by atoms with Gasteiger partial charge in [0.05, 0.1) is 0 Å². The number of nitrogens with zero attached hydrogens (tertiary/aromatic N) is 1. The fraction of sp³-hybridized carbons (Fsp3) is 0.562. The number of halogens is 2. The zero-order valence-electron chi connectivity index (χ0n) is 11.8. The quantitative estimate of drug-likeness (QED) is 0.931. The average molecular weight is 295 g/mol. The van der Waals surface area contributed by atoms with Gasteiger partial charge in [0.1, 0.15) is 17.7 Å². The first-order valence-electron chi connectivity index (χ1n) is 7.49. The molecule has 0 radical (unpaired) electrons. The molecule has 1 saturated heterocycles. The van der Waals surface area contributed by atoms with Crippen LogP contribution < -0.4 is 0 Å². The lowest BCUT2D eigenvalue weighted by molar-refractivity contribution is -0.143. The van der Waals surface area contributed by atoms with Crippen LogP contribution in [-0.2, 0) is 11.3 Å². The molecule has 1 aliphatic heterocycles. The maximum atomic E-state index is 13.8. The second-order valence-corrected chi connectivity index (χ2v) is 6.07. The zero-order valence-corrected chi connectivity index (χ0v) is 11.8. The summed E-state index contributed by atoms with van der Waals surface area (Å²) in [6, 6.07) is 3.29. The van der Waals surface area contributed by atoms with E-state index in [1.165, 1.54) is 18.2 Å². The Bertz CT molecular complexity index is 529. The molecule has 21 heavy (non-hydrogen) atoms. The maximum Gasteiger partial charge on any atom is 0.320 e. The fourth-order valence-corrected chi connectivity index (χ4v) is 3.89. The zero-order chi connectivity index (χ0) is 15.0. The maximum absolute atomic E-state index is 13.8. The molecule has 5 heteroatoms. The normalized spacial score (nSPS) is 29.3. The highest BCUT2D eigenvalue weighted by atomic mass is 19.1. The predicted molar refractivity (Wildman–Crippen MR) is 73.7 cm³/mol. The van der Waals surface area contributed by atoms with Gasteiger partial charge in [-0.05, 0) is 37.3 Å². The first-order chi connectivity index (χ1) is 10.1. The van der Waals surface area contributed by atoms with Crippen molar-refractivity contribution in [3.05, 3.63) is 35.4 Å². The largest absolute Gasteiger partial charge is 0.480 e. The van der Waals surface area contributed by atoms with E-state index in [0.717, 1.165) is 25.7 Å². The number of carbonyl (C=O) groups is 1. The van der Waals surface area contributed by atoms with E-state index in [1.54, 1.807) is 4.90 Å². The summed E-state index contributed by atoms with van der Waals surface area (Å²) < 4.78 is 27.7. The molecule has 0 spiro atoms. The number of hydrogen-bond acceptors (Lipinski definition) is 2. The van der Waals surface area contributed by atoms with Crippen LogP contribution in [0.1, 0.15) is 37.7 Å². The van der Waals surface area contributed by atoms with E-state index >= 15 is 0 Å². The van der Waals surface area contributed by atoms with Crippen LogP contribution in [0.5, 0.6) is 0 Å². The minimum Gasteiger partial charge on any atom is -0.480 e. The molecule has 1 aliphatic carbocycles. The fourth-order valence-electron chi connectivity index (χ4n) is 3.89. The van der Waals surface area contributed by atoms with Crippen LogP contribution in [0.25, 0.3) is 0 Å². The molecular weight excluding hydrogens is 276 g/mol. The van der Waals surface area contributed by atoms with Gasteiger partial charge in [0.15, 0.2) is 0 Å². The number of carboxylic acids is 1. The predicted octanol–water partition coefficient (Wildman–Crippen LogP) is 3.18. The van der Waals surface area contributed by atoms with Crippen LogP contribution in [0.15, 0.2) is 18.2 Å². The lowest BCUT2D eigenvalue weighted by atomic mass is 9.84. The Morgan fingerprint density at radius 3 is 2.57 bits per heavy atom. The van der Waals surface area contributed by atoms with Crippen LogP contribution in [-0.4, -0.2) is 28.1 Å². The minimum atomic E-state index is -0.888. The Kier molecular flexibility index (Phi) is 3.93. The molecule has 2 fully saturated rings. The van der Waals surface area contributed by atoms with Gasteiger partial charge >= 0.3 is 5.97 Å². The molecule has 3 rings (SSSR count). The van der Waals surface area contributed by atoms with Gasteiger partial charge in [0.25, 0.3) is 0 Å². The molecule has 1 saturated carbocycles. The van der Waals surface area contributed by atoms with Crippen LogP contribution in [0.4, 0.5) is 8.78 Å². The summed E-state index contributed by atoms with van der Waals surface area (Å²) in [5, 5.41) is 9.42. The van der Waals surface area contributed by atoms with E-state index < -0.39 is 23.6 Å². The Balaban J connectivity index is 1.88. The third-order valence-corrected chi connectivity index (χ3v) is 4.91. The molecule has 1 N–H and O–H groups in total. The third kappa shape index (κ3) is 2.67. The van der Waals surface area contributed by atoms with Crippen molar-refractivity contribution < 1.29 is 18.7 Å². The van der Waals surface area contributed by atoms with Crippen molar-refractivity contribution in [3.63, 3.8) is 0 Å². The van der Waals surface area contributed by atoms with Crippen molar-refractivity contribution in [2.75, 3.05) is 0 Å². The highest BCUT2D eigenvalue weighted by Gasteiger charge is 2.45. The van der Waals surface area contributed by atoms with Crippen molar-refractivity contribution in [2.24, 2.45) is 5.92 Å². The van der Waals surface area contributed by atoms with Gasteiger partial charge in [-0.2, -0.15) is 0 Å². The Morgan fingerprint density at radius 2 is 1.90 bits per heavy atom. The summed E-state index contributed by atoms with van der Waals surface area (Å²) in [6.45, 7) is 0.0383. The summed E-state index contributed by atoms with van der Waals surface area (Å²) in [4.78, 5) is 13.3. The van der Waals surface area contributed by atoms with Crippen molar-refractivity contribution in [1.82, 2.24) is 4.90 Å². The number of fused-ring (bicyclic) bond motifs is 1. The van der Waals surface area contributed by atoms with E-state index in [2.05, 4.69) is 0 Å². The highest BCUT2D eigenvalue weighted by molar-refractivity contribution is 5.74. The SMILES string of the molecule is O=C(O)C1CC2CCCCC2N1Cc1c(F)cccc1F. The molecule has 1 aromatic carbocycles. The summed E-state index contributed by atoms with van der Waals surface area (Å²) in [6.07, 6.45) is 4.71. The summed E-state index contributed by atoms with van der Waals surface area (Å²) in [5.41, 5.74) is -0.0185. The van der Waals surface area contributed by atoms with Crippen molar-refractivity contribution in [3.8, 4) is 0 Å². The van der Waals surface area contributed by atoms with Gasteiger partial charge in [0.2, 0.25) is 0 Å². The number of hydrogen-bond donors (Lipinski definition) is 1. The van der Waals surface area contributed by atoms with Crippen molar-refractivity contribution in [2.45, 2.75) is 50.7 Å². The lowest BCUT2D eigenvalue weighted by Gasteiger charge is -2.33. The number of aliphatic carboxylic acids is 1. The van der Waals surface area contributed by atoms with Crippen LogP contribution in [0.3, 0.4) is 0 Å². The smallest absolute Gasteiger partial charge is 0.320 e. The van der Waals surface area contributed by atoms with Crippen molar-refractivity contribution in [1.29, 1.82) is 0 Å². The van der Waals surface area contributed by atoms with E-state index in [0.29, 0.717) is 12.3 Å². The molecule has 0 aromatic heterocycles. The van der Waals surface area contributed by atoms with Crippen LogP contribution in [0.2, 0.25) is 0 Å². The second-order valence-electron chi connectivity index (χ2n) is 6.07. The monoisotopic (exact) mass is 295 g/mol. The standard InChI is InChI=1S/C16H19F2NO2/c17-12-5-3-6-13(18)11(12)9-19-14-7-2-1-4-10(14)8-15(19)16(20)21/h3,5-6,10,14-15H,1-2,4,7-9H2,(H,20,21). The molecular formula is C16H19F2NO2. The topological polar surface area (TPSA) is 40.5 Å². The number of carboxylic acid groups (broad SMARTS) is 1. The third-order valence-electron chi connectivity index (χ3n) is 4.91. The minimum absolute atomic E-state index is 0.0185. The van der Waals surface area contributed by atoms with Crippen LogP contribution in [0, 0.1) is 17.6 Å². The van der Waals surface area contributed by atoms with E-state index in [4.69, 9.17) is 0 Å². The van der Waals surface area contributed by atoms with Crippen LogP contribution >= 0.6 is 0 Å². The molecule has 114 valence electrons. The Hall–Kier alpha value is -1.49. The number of likely N-dealkylation sites (tertiary alicyclic amines) is 1. The summed E-state index contributed by atoms with van der Waals surface area (Å²) in [7, 11) is 0. The van der Waals surface area contributed by atoms with Gasteiger partial charge in [0, 0.05) is 18.2 Å². The number of benzene rings is 1.